The number of ether oxygens (including phenoxy) is 1. The van der Waals surface area contributed by atoms with Gasteiger partial charge in [0.05, 0.1) is 17.3 Å². The topological polar surface area (TPSA) is 101 Å². The Bertz CT molecular complexity index is 1060. The van der Waals surface area contributed by atoms with Crippen molar-refractivity contribution in [3.05, 3.63) is 48.0 Å². The predicted octanol–water partition coefficient (Wildman–Crippen LogP) is 4.35. The van der Waals surface area contributed by atoms with Crippen LogP contribution in [-0.2, 0) is 11.0 Å². The fourth-order valence-corrected chi connectivity index (χ4v) is 2.50. The van der Waals surface area contributed by atoms with Gasteiger partial charge in [0.1, 0.15) is 18.1 Å². The number of carboxylic acids is 1. The molecule has 0 atom stereocenters. The Hall–Kier alpha value is -3.43. The summed E-state index contributed by atoms with van der Waals surface area (Å²) in [6.07, 6.45) is -0.783. The number of pyridine rings is 2. The molecule has 0 fully saturated rings. The molecule has 3 heterocycles. The van der Waals surface area contributed by atoms with Crippen molar-refractivity contribution in [1.29, 1.82) is 0 Å². The average Bonchev–Trinajstić information content (AvgIpc) is 3.17. The van der Waals surface area contributed by atoms with Crippen LogP contribution in [0.5, 0.6) is 5.88 Å². The number of halogens is 3. The van der Waals surface area contributed by atoms with Gasteiger partial charge < -0.3 is 14.8 Å². The maximum Gasteiger partial charge on any atom is 0.432 e. The highest BCUT2D eigenvalue weighted by Crippen LogP contribution is 2.30. The van der Waals surface area contributed by atoms with E-state index in [1.54, 1.807) is 38.2 Å². The highest BCUT2D eigenvalue weighted by atomic mass is 19.4. The lowest BCUT2D eigenvalue weighted by Crippen LogP contribution is -2.30. The van der Waals surface area contributed by atoms with E-state index in [4.69, 9.17) is 9.84 Å². The normalized spacial score (nSPS) is 12.1. The van der Waals surface area contributed by atoms with Crippen LogP contribution in [0, 0.1) is 12.3 Å². The predicted molar refractivity (Wildman–Crippen MR) is 102 cm³/mol. The lowest BCUT2D eigenvalue weighted by Gasteiger charge is -2.19. The van der Waals surface area contributed by atoms with E-state index >= 15 is 0 Å². The molecule has 2 N–H and O–H groups in total. The van der Waals surface area contributed by atoms with Gasteiger partial charge in [0, 0.05) is 29.6 Å². The zero-order valence-electron chi connectivity index (χ0n) is 16.4. The van der Waals surface area contributed by atoms with Gasteiger partial charge in [-0.15, -0.1) is 0 Å². The summed E-state index contributed by atoms with van der Waals surface area (Å²) in [6.45, 7) is 4.89. The Morgan fingerprint density at radius 3 is 2.40 bits per heavy atom. The van der Waals surface area contributed by atoms with E-state index < -0.39 is 23.3 Å². The molecule has 0 saturated carbocycles. The van der Waals surface area contributed by atoms with Crippen LogP contribution in [-0.4, -0.2) is 37.6 Å². The van der Waals surface area contributed by atoms with Gasteiger partial charge in [-0.05, 0) is 38.5 Å². The highest BCUT2D eigenvalue weighted by molar-refractivity contribution is 5.73. The van der Waals surface area contributed by atoms with Crippen molar-refractivity contribution >= 4 is 5.97 Å². The minimum absolute atomic E-state index is 0.0376. The van der Waals surface area contributed by atoms with Gasteiger partial charge in [0.25, 0.3) is 0 Å². The van der Waals surface area contributed by atoms with Crippen molar-refractivity contribution < 1.29 is 27.8 Å². The van der Waals surface area contributed by atoms with Gasteiger partial charge in [0.15, 0.2) is 0 Å². The lowest BCUT2D eigenvalue weighted by molar-refractivity contribution is -0.148. The number of alkyl halides is 3. The third kappa shape index (κ3) is 4.58. The molecule has 30 heavy (non-hydrogen) atoms. The van der Waals surface area contributed by atoms with Crippen LogP contribution in [0.25, 0.3) is 22.6 Å². The zero-order valence-corrected chi connectivity index (χ0v) is 16.4. The number of carboxylic acid groups (broad SMARTS) is 1. The summed E-state index contributed by atoms with van der Waals surface area (Å²) in [5, 5.41) is 9.14. The molecule has 0 unspecified atom stereocenters. The van der Waals surface area contributed by atoms with Crippen molar-refractivity contribution in [2.45, 2.75) is 26.9 Å². The van der Waals surface area contributed by atoms with E-state index in [1.807, 2.05) is 6.92 Å². The van der Waals surface area contributed by atoms with Gasteiger partial charge in [-0.25, -0.2) is 9.97 Å². The first-order valence-electron chi connectivity index (χ1n) is 8.89. The molecule has 0 bridgehead atoms. The van der Waals surface area contributed by atoms with Gasteiger partial charge in [-0.1, -0.05) is 0 Å². The molecule has 0 radical (unpaired) electrons. The molecule has 3 aromatic rings. The molecule has 0 spiro atoms. The van der Waals surface area contributed by atoms with Crippen LogP contribution in [0.4, 0.5) is 13.2 Å². The van der Waals surface area contributed by atoms with E-state index in [9.17, 15) is 18.0 Å². The van der Waals surface area contributed by atoms with Gasteiger partial charge in [0.2, 0.25) is 5.88 Å². The monoisotopic (exact) mass is 420 g/mol. The fourth-order valence-electron chi connectivity index (χ4n) is 2.50. The van der Waals surface area contributed by atoms with E-state index in [0.29, 0.717) is 16.8 Å². The van der Waals surface area contributed by atoms with Crippen LogP contribution in [0.3, 0.4) is 0 Å². The van der Waals surface area contributed by atoms with Crippen LogP contribution < -0.4 is 4.74 Å². The van der Waals surface area contributed by atoms with E-state index in [2.05, 4.69) is 19.9 Å². The third-order valence-electron chi connectivity index (χ3n) is 4.44. The Morgan fingerprint density at radius 2 is 1.87 bits per heavy atom. The number of hydrogen-bond donors (Lipinski definition) is 2. The number of imidazole rings is 1. The summed E-state index contributed by atoms with van der Waals surface area (Å²) in [5.41, 5.74) is 0.513. The molecular weight excluding hydrogens is 401 g/mol. The minimum atomic E-state index is -4.50. The Labute approximate surface area is 170 Å². The molecular formula is C20H19F3N4O3. The van der Waals surface area contributed by atoms with Crippen LogP contribution in [0.15, 0.2) is 36.8 Å². The van der Waals surface area contributed by atoms with Crippen LogP contribution in [0.2, 0.25) is 0 Å². The first kappa shape index (κ1) is 21.3. The standard InChI is InChI=1S/C20H19F3N4O3/c1-11-6-16(30-10-19(2,3)18(28)29)25-8-13(11)14-5-4-12(7-24-14)17-26-9-15(27-17)20(21,22)23/h4-9H,10H2,1-3H3,(H,26,27)(H,28,29). The van der Waals surface area contributed by atoms with Gasteiger partial charge in [-0.2, -0.15) is 13.2 Å². The van der Waals surface area contributed by atoms with Crippen molar-refractivity contribution in [2.75, 3.05) is 6.61 Å². The summed E-state index contributed by atoms with van der Waals surface area (Å²) < 4.78 is 43.6. The summed E-state index contributed by atoms with van der Waals surface area (Å²) in [5.74, 6) is -0.613. The number of aryl methyl sites for hydroxylation is 1. The number of nitrogens with zero attached hydrogens (tertiary/aromatic N) is 3. The average molecular weight is 420 g/mol. The van der Waals surface area contributed by atoms with Crippen molar-refractivity contribution in [1.82, 2.24) is 19.9 Å². The molecule has 10 heteroatoms. The van der Waals surface area contributed by atoms with Crippen molar-refractivity contribution in [3.8, 4) is 28.5 Å². The minimum Gasteiger partial charge on any atom is -0.481 e. The number of hydrogen-bond acceptors (Lipinski definition) is 5. The Balaban J connectivity index is 1.76. The molecule has 3 rings (SSSR count). The first-order valence-corrected chi connectivity index (χ1v) is 8.89. The summed E-state index contributed by atoms with van der Waals surface area (Å²) in [7, 11) is 0. The summed E-state index contributed by atoms with van der Waals surface area (Å²) in [4.78, 5) is 25.6. The van der Waals surface area contributed by atoms with Crippen molar-refractivity contribution in [3.63, 3.8) is 0 Å². The third-order valence-corrected chi connectivity index (χ3v) is 4.44. The number of aromatic amines is 1. The second-order valence-electron chi connectivity index (χ2n) is 7.39. The molecule has 0 saturated heterocycles. The molecule has 3 aromatic heterocycles. The summed E-state index contributed by atoms with van der Waals surface area (Å²) >= 11 is 0. The molecule has 0 aliphatic heterocycles. The van der Waals surface area contributed by atoms with E-state index in [1.165, 1.54) is 6.20 Å². The maximum atomic E-state index is 12.7. The van der Waals surface area contributed by atoms with Gasteiger partial charge >= 0.3 is 12.1 Å². The number of H-pyrrole nitrogens is 1. The number of rotatable bonds is 6. The number of carbonyl (C=O) groups is 1. The SMILES string of the molecule is Cc1cc(OCC(C)(C)C(=O)O)ncc1-c1ccc(-c2ncc(C(F)(F)F)[nH]2)cn1. The van der Waals surface area contributed by atoms with Crippen LogP contribution >= 0.6 is 0 Å². The largest absolute Gasteiger partial charge is 0.481 e. The molecule has 158 valence electrons. The van der Waals surface area contributed by atoms with Crippen molar-refractivity contribution in [2.24, 2.45) is 5.41 Å². The first-order chi connectivity index (χ1) is 14.0. The molecule has 0 aromatic carbocycles. The number of nitrogens with one attached hydrogen (secondary N) is 1. The number of aromatic nitrogens is 4. The van der Waals surface area contributed by atoms with E-state index in [-0.39, 0.29) is 18.3 Å². The maximum absolute atomic E-state index is 12.7. The molecule has 0 aliphatic carbocycles. The molecule has 7 nitrogen and oxygen atoms in total. The quantitative estimate of drug-likeness (QED) is 0.615. The second-order valence-corrected chi connectivity index (χ2v) is 7.39. The smallest absolute Gasteiger partial charge is 0.432 e. The zero-order chi connectivity index (χ0) is 22.1. The Morgan fingerprint density at radius 1 is 1.13 bits per heavy atom. The second kappa shape index (κ2) is 7.77. The molecule has 0 amide bonds. The number of aliphatic carboxylic acids is 1. The van der Waals surface area contributed by atoms with Crippen LogP contribution in [0.1, 0.15) is 25.1 Å². The summed E-state index contributed by atoms with van der Waals surface area (Å²) in [6, 6.07) is 4.94. The highest BCUT2D eigenvalue weighted by Gasteiger charge is 2.33. The lowest BCUT2D eigenvalue weighted by atomic mass is 9.95. The Kier molecular flexibility index (Phi) is 5.51. The van der Waals surface area contributed by atoms with E-state index in [0.717, 1.165) is 11.8 Å². The fraction of sp³-hybridized carbons (Fsp3) is 0.300. The molecule has 0 aliphatic rings. The van der Waals surface area contributed by atoms with Gasteiger partial charge in [-0.3, -0.25) is 9.78 Å².